The predicted molar refractivity (Wildman–Crippen MR) is 82.8 cm³/mol. The molecule has 1 aliphatic rings. The molecule has 1 atom stereocenters. The van der Waals surface area contributed by atoms with Crippen LogP contribution < -0.4 is 5.32 Å². The molecule has 0 saturated heterocycles. The molecule has 1 nitrogen and oxygen atoms in total. The minimum atomic E-state index is 0.240. The highest BCUT2D eigenvalue weighted by Gasteiger charge is 2.38. The average Bonchev–Trinajstić information content (AvgIpc) is 2.92. The van der Waals surface area contributed by atoms with Gasteiger partial charge in [0.25, 0.3) is 0 Å². The Kier molecular flexibility index (Phi) is 3.42. The largest absolute Gasteiger partial charge is 0.305 e. The topological polar surface area (TPSA) is 12.0 Å². The van der Waals surface area contributed by atoms with Crippen molar-refractivity contribution >= 4 is 22.9 Å². The van der Waals surface area contributed by atoms with Crippen LogP contribution in [0.15, 0.2) is 35.7 Å². The third-order valence-electron chi connectivity index (χ3n) is 3.91. The van der Waals surface area contributed by atoms with Crippen molar-refractivity contribution in [1.82, 2.24) is 5.32 Å². The van der Waals surface area contributed by atoms with Gasteiger partial charge in [-0.2, -0.15) is 0 Å². The van der Waals surface area contributed by atoms with E-state index in [0.717, 1.165) is 18.0 Å². The molecule has 1 heterocycles. The van der Waals surface area contributed by atoms with E-state index in [-0.39, 0.29) is 5.41 Å². The first kappa shape index (κ1) is 13.2. The second-order valence-electron chi connectivity index (χ2n) is 5.90. The molecule has 0 radical (unpaired) electrons. The number of thiophene rings is 1. The highest BCUT2D eigenvalue weighted by atomic mass is 35.5. The van der Waals surface area contributed by atoms with Gasteiger partial charge in [0.15, 0.2) is 0 Å². The van der Waals surface area contributed by atoms with Crippen molar-refractivity contribution in [2.45, 2.75) is 32.9 Å². The molecule has 2 aromatic rings. The summed E-state index contributed by atoms with van der Waals surface area (Å²) in [6, 6.07) is 11.0. The Morgan fingerprint density at radius 2 is 2.21 bits per heavy atom. The molecule has 0 saturated carbocycles. The lowest BCUT2D eigenvalue weighted by molar-refractivity contribution is 0.268. The van der Waals surface area contributed by atoms with Gasteiger partial charge in [0.2, 0.25) is 0 Å². The van der Waals surface area contributed by atoms with E-state index >= 15 is 0 Å². The molecule has 1 unspecified atom stereocenters. The summed E-state index contributed by atoms with van der Waals surface area (Å²) >= 11 is 7.96. The Labute approximate surface area is 123 Å². The fraction of sp³-hybridized carbons (Fsp3) is 0.375. The second-order valence-corrected chi connectivity index (χ2v) is 7.37. The van der Waals surface area contributed by atoms with Gasteiger partial charge in [0.05, 0.1) is 0 Å². The van der Waals surface area contributed by atoms with E-state index < -0.39 is 0 Å². The summed E-state index contributed by atoms with van der Waals surface area (Å²) in [7, 11) is 0. The van der Waals surface area contributed by atoms with Gasteiger partial charge in [-0.1, -0.05) is 37.6 Å². The van der Waals surface area contributed by atoms with Gasteiger partial charge < -0.3 is 5.32 Å². The van der Waals surface area contributed by atoms with Crippen LogP contribution in [0.5, 0.6) is 0 Å². The molecule has 1 aromatic heterocycles. The van der Waals surface area contributed by atoms with Crippen molar-refractivity contribution in [3.63, 3.8) is 0 Å². The van der Waals surface area contributed by atoms with Crippen LogP contribution in [0.25, 0.3) is 0 Å². The first-order chi connectivity index (χ1) is 9.06. The minimum Gasteiger partial charge on any atom is -0.305 e. The number of hydrogen-bond donors (Lipinski definition) is 1. The maximum absolute atomic E-state index is 6.16. The predicted octanol–water partition coefficient (Wildman–Crippen LogP) is 4.81. The van der Waals surface area contributed by atoms with Crippen molar-refractivity contribution in [3.8, 4) is 0 Å². The Hall–Kier alpha value is -0.830. The number of hydrogen-bond acceptors (Lipinski definition) is 2. The second kappa shape index (κ2) is 4.93. The Balaban J connectivity index is 1.85. The first-order valence-corrected chi connectivity index (χ1v) is 7.86. The average molecular weight is 292 g/mol. The Morgan fingerprint density at radius 1 is 1.37 bits per heavy atom. The lowest BCUT2D eigenvalue weighted by atomic mass is 9.85. The molecule has 3 rings (SSSR count). The molecule has 3 heteroatoms. The standard InChI is InChI=1S/C16H18ClNS/c1-16(2)9-11-5-6-12(17)8-14(11)15(16)18-10-13-4-3-7-19-13/h3-8,15,18H,9-10H2,1-2H3. The quantitative estimate of drug-likeness (QED) is 0.855. The van der Waals surface area contributed by atoms with Crippen LogP contribution in [0.4, 0.5) is 0 Å². The van der Waals surface area contributed by atoms with Gasteiger partial charge in [-0.3, -0.25) is 0 Å². The van der Waals surface area contributed by atoms with Gasteiger partial charge in [-0.05, 0) is 46.5 Å². The maximum atomic E-state index is 6.16. The molecular weight excluding hydrogens is 274 g/mol. The van der Waals surface area contributed by atoms with Crippen molar-refractivity contribution in [3.05, 3.63) is 56.7 Å². The van der Waals surface area contributed by atoms with Gasteiger partial charge >= 0.3 is 0 Å². The third kappa shape index (κ3) is 2.58. The zero-order valence-corrected chi connectivity index (χ0v) is 12.8. The summed E-state index contributed by atoms with van der Waals surface area (Å²) in [4.78, 5) is 1.38. The molecule has 0 aliphatic heterocycles. The van der Waals surface area contributed by atoms with Gasteiger partial charge in [0, 0.05) is 22.5 Å². The summed E-state index contributed by atoms with van der Waals surface area (Å²) in [5.41, 5.74) is 3.04. The summed E-state index contributed by atoms with van der Waals surface area (Å²) in [6.07, 6.45) is 1.11. The summed E-state index contributed by atoms with van der Waals surface area (Å²) in [6.45, 7) is 5.58. The van der Waals surface area contributed by atoms with E-state index in [1.165, 1.54) is 16.0 Å². The van der Waals surface area contributed by atoms with Gasteiger partial charge in [0.1, 0.15) is 0 Å². The van der Waals surface area contributed by atoms with Crippen molar-refractivity contribution in [2.24, 2.45) is 5.41 Å². The van der Waals surface area contributed by atoms with E-state index in [4.69, 9.17) is 11.6 Å². The van der Waals surface area contributed by atoms with Gasteiger partial charge in [-0.15, -0.1) is 11.3 Å². The van der Waals surface area contributed by atoms with Crippen LogP contribution in [0.2, 0.25) is 5.02 Å². The van der Waals surface area contributed by atoms with Crippen LogP contribution in [0.1, 0.15) is 35.9 Å². The molecular formula is C16H18ClNS. The van der Waals surface area contributed by atoms with Crippen LogP contribution in [0.3, 0.4) is 0 Å². The van der Waals surface area contributed by atoms with E-state index in [9.17, 15) is 0 Å². The Morgan fingerprint density at radius 3 is 2.95 bits per heavy atom. The molecule has 0 amide bonds. The zero-order valence-electron chi connectivity index (χ0n) is 11.2. The van der Waals surface area contributed by atoms with Crippen molar-refractivity contribution < 1.29 is 0 Å². The fourth-order valence-electron chi connectivity index (χ4n) is 3.01. The molecule has 0 bridgehead atoms. The van der Waals surface area contributed by atoms with Crippen LogP contribution in [-0.4, -0.2) is 0 Å². The van der Waals surface area contributed by atoms with E-state index in [1.807, 2.05) is 6.07 Å². The molecule has 1 aromatic carbocycles. The molecule has 19 heavy (non-hydrogen) atoms. The minimum absolute atomic E-state index is 0.240. The summed E-state index contributed by atoms with van der Waals surface area (Å²) < 4.78 is 0. The monoisotopic (exact) mass is 291 g/mol. The summed E-state index contributed by atoms with van der Waals surface area (Å²) in [5.74, 6) is 0. The molecule has 0 fully saturated rings. The smallest absolute Gasteiger partial charge is 0.0409 e. The summed E-state index contributed by atoms with van der Waals surface area (Å²) in [5, 5.41) is 6.67. The lowest BCUT2D eigenvalue weighted by Gasteiger charge is -2.28. The highest BCUT2D eigenvalue weighted by molar-refractivity contribution is 7.09. The first-order valence-electron chi connectivity index (χ1n) is 6.60. The van der Waals surface area contributed by atoms with E-state index in [2.05, 4.69) is 48.8 Å². The van der Waals surface area contributed by atoms with E-state index in [1.54, 1.807) is 11.3 Å². The highest BCUT2D eigenvalue weighted by Crippen LogP contribution is 2.46. The SMILES string of the molecule is CC1(C)Cc2ccc(Cl)cc2C1NCc1cccs1. The molecule has 100 valence electrons. The van der Waals surface area contributed by atoms with Crippen molar-refractivity contribution in [1.29, 1.82) is 0 Å². The zero-order chi connectivity index (χ0) is 13.5. The third-order valence-corrected chi connectivity index (χ3v) is 5.02. The van der Waals surface area contributed by atoms with Gasteiger partial charge in [-0.25, -0.2) is 0 Å². The van der Waals surface area contributed by atoms with Crippen LogP contribution in [0, 0.1) is 5.41 Å². The molecule has 1 N–H and O–H groups in total. The number of benzene rings is 1. The van der Waals surface area contributed by atoms with Crippen LogP contribution in [-0.2, 0) is 13.0 Å². The number of halogens is 1. The molecule has 0 spiro atoms. The maximum Gasteiger partial charge on any atom is 0.0409 e. The van der Waals surface area contributed by atoms with Crippen molar-refractivity contribution in [2.75, 3.05) is 0 Å². The fourth-order valence-corrected chi connectivity index (χ4v) is 3.85. The normalized spacial score (nSPS) is 20.5. The lowest BCUT2D eigenvalue weighted by Crippen LogP contribution is -2.30. The number of rotatable bonds is 3. The molecule has 1 aliphatic carbocycles. The number of nitrogens with one attached hydrogen (secondary N) is 1. The Bertz CT molecular complexity index is 574. The van der Waals surface area contributed by atoms with Crippen LogP contribution >= 0.6 is 22.9 Å². The van der Waals surface area contributed by atoms with E-state index in [0.29, 0.717) is 6.04 Å². The number of fused-ring (bicyclic) bond motifs is 1.